The van der Waals surface area contributed by atoms with Gasteiger partial charge < -0.3 is 14.7 Å². The minimum absolute atomic E-state index is 0.0827. The smallest absolute Gasteiger partial charge is 0.266 e. The summed E-state index contributed by atoms with van der Waals surface area (Å²) in [7, 11) is 0. The lowest BCUT2D eigenvalue weighted by molar-refractivity contribution is -0.910. The highest BCUT2D eigenvalue weighted by molar-refractivity contribution is 7.99. The zero-order valence-electron chi connectivity index (χ0n) is 17.2. The number of nitrogens with one attached hydrogen (secondary N) is 1. The van der Waals surface area contributed by atoms with Gasteiger partial charge in [0.25, 0.3) is 5.56 Å². The molecule has 7 heteroatoms. The molecule has 1 fully saturated rings. The summed E-state index contributed by atoms with van der Waals surface area (Å²) >= 11 is 1.43. The number of fused-ring (bicyclic) bond motifs is 1. The molecule has 6 nitrogen and oxygen atoms in total. The van der Waals surface area contributed by atoms with Gasteiger partial charge in [-0.1, -0.05) is 43.0 Å². The van der Waals surface area contributed by atoms with E-state index in [1.54, 1.807) is 4.57 Å². The van der Waals surface area contributed by atoms with Gasteiger partial charge in [-0.05, 0) is 36.2 Å². The molecule has 0 amide bonds. The van der Waals surface area contributed by atoms with Crippen LogP contribution in [-0.2, 0) is 11.2 Å². The summed E-state index contributed by atoms with van der Waals surface area (Å²) in [4.78, 5) is 19.4. The van der Waals surface area contributed by atoms with E-state index in [0.717, 1.165) is 38.4 Å². The molecule has 0 bridgehead atoms. The topological polar surface area (TPSA) is 68.8 Å². The molecule has 0 saturated carbocycles. The van der Waals surface area contributed by atoms with Crippen molar-refractivity contribution in [2.75, 3.05) is 38.6 Å². The molecular formula is C23H28N3O3S+. The molecule has 4 rings (SSSR count). The molecule has 1 aliphatic rings. The van der Waals surface area contributed by atoms with Crippen molar-refractivity contribution in [2.45, 2.75) is 24.6 Å². The molecule has 3 aromatic rings. The van der Waals surface area contributed by atoms with Crippen LogP contribution < -0.4 is 10.5 Å². The van der Waals surface area contributed by atoms with Crippen LogP contribution in [0, 0.1) is 0 Å². The predicted octanol–water partition coefficient (Wildman–Crippen LogP) is 1.32. The third-order valence-corrected chi connectivity index (χ3v) is 6.56. The van der Waals surface area contributed by atoms with E-state index in [-0.39, 0.29) is 5.56 Å². The molecule has 1 aliphatic heterocycles. The van der Waals surface area contributed by atoms with E-state index in [2.05, 4.69) is 6.92 Å². The van der Waals surface area contributed by atoms with Crippen molar-refractivity contribution in [3.05, 3.63) is 64.4 Å². The van der Waals surface area contributed by atoms with Gasteiger partial charge in [0.2, 0.25) is 0 Å². The third-order valence-electron chi connectivity index (χ3n) is 5.48. The number of aromatic nitrogens is 2. The van der Waals surface area contributed by atoms with Crippen LogP contribution >= 0.6 is 11.8 Å². The van der Waals surface area contributed by atoms with Crippen LogP contribution in [0.15, 0.2) is 58.5 Å². The van der Waals surface area contributed by atoms with E-state index in [0.29, 0.717) is 28.4 Å². The first-order valence-electron chi connectivity index (χ1n) is 10.5. The Bertz CT molecular complexity index is 1050. The quantitative estimate of drug-likeness (QED) is 0.441. The Balaban J connectivity index is 1.62. The van der Waals surface area contributed by atoms with Gasteiger partial charge in [0.05, 0.1) is 29.8 Å². The number of ether oxygens (including phenoxy) is 1. The number of nitrogens with zero attached hydrogens (tertiary/aromatic N) is 2. The van der Waals surface area contributed by atoms with Gasteiger partial charge in [0, 0.05) is 5.75 Å². The minimum atomic E-state index is -0.470. The molecule has 0 aliphatic carbocycles. The van der Waals surface area contributed by atoms with Crippen LogP contribution in [-0.4, -0.2) is 59.4 Å². The number of rotatable bonds is 7. The first kappa shape index (κ1) is 21.1. The van der Waals surface area contributed by atoms with Crippen molar-refractivity contribution >= 4 is 22.7 Å². The van der Waals surface area contributed by atoms with Gasteiger partial charge in [-0.15, -0.1) is 0 Å². The maximum Gasteiger partial charge on any atom is 0.266 e. The molecule has 1 saturated heterocycles. The number of thioether (sulfide) groups is 1. The van der Waals surface area contributed by atoms with E-state index in [9.17, 15) is 9.90 Å². The molecule has 1 atom stereocenters. The van der Waals surface area contributed by atoms with E-state index in [4.69, 9.17) is 9.72 Å². The average Bonchev–Trinajstić information content (AvgIpc) is 2.79. The highest BCUT2D eigenvalue weighted by Crippen LogP contribution is 2.22. The summed E-state index contributed by atoms with van der Waals surface area (Å²) in [5.74, 6) is 0.488. The summed E-state index contributed by atoms with van der Waals surface area (Å²) in [5.41, 5.74) is 2.62. The Kier molecular flexibility index (Phi) is 6.84. The fraction of sp³-hybridized carbons (Fsp3) is 0.391. The fourth-order valence-electron chi connectivity index (χ4n) is 3.74. The van der Waals surface area contributed by atoms with Gasteiger partial charge in [-0.2, -0.15) is 0 Å². The zero-order chi connectivity index (χ0) is 20.9. The largest absolute Gasteiger partial charge is 0.386 e. The number of quaternary nitrogens is 1. The number of hydrogen-bond acceptors (Lipinski definition) is 5. The van der Waals surface area contributed by atoms with Crippen molar-refractivity contribution in [1.82, 2.24) is 9.55 Å². The lowest BCUT2D eigenvalue weighted by atomic mass is 10.1. The van der Waals surface area contributed by atoms with Crippen molar-refractivity contribution in [3.8, 4) is 5.69 Å². The molecule has 30 heavy (non-hydrogen) atoms. The van der Waals surface area contributed by atoms with Gasteiger partial charge in [-0.25, -0.2) is 4.98 Å². The Morgan fingerprint density at radius 3 is 2.63 bits per heavy atom. The van der Waals surface area contributed by atoms with E-state index < -0.39 is 6.10 Å². The zero-order valence-corrected chi connectivity index (χ0v) is 18.0. The third kappa shape index (κ3) is 4.75. The van der Waals surface area contributed by atoms with Gasteiger partial charge in [-0.3, -0.25) is 9.36 Å². The highest BCUT2D eigenvalue weighted by Gasteiger charge is 2.20. The average molecular weight is 427 g/mol. The molecular weight excluding hydrogens is 398 g/mol. The second-order valence-corrected chi connectivity index (χ2v) is 8.59. The summed E-state index contributed by atoms with van der Waals surface area (Å²) in [6, 6.07) is 15.4. The predicted molar refractivity (Wildman–Crippen MR) is 120 cm³/mol. The van der Waals surface area contributed by atoms with Crippen LogP contribution in [0.4, 0.5) is 0 Å². The molecule has 0 spiro atoms. The number of aryl methyl sites for hydroxylation is 1. The number of para-hydroxylation sites is 1. The van der Waals surface area contributed by atoms with Gasteiger partial charge in [0.1, 0.15) is 25.7 Å². The van der Waals surface area contributed by atoms with Crippen LogP contribution in [0.25, 0.3) is 16.6 Å². The number of benzene rings is 2. The maximum atomic E-state index is 13.3. The lowest BCUT2D eigenvalue weighted by Crippen LogP contribution is -3.15. The molecule has 2 aromatic carbocycles. The summed E-state index contributed by atoms with van der Waals surface area (Å²) in [6.45, 7) is 6.12. The summed E-state index contributed by atoms with van der Waals surface area (Å²) in [6.07, 6.45) is 0.477. The fourth-order valence-corrected chi connectivity index (χ4v) is 4.68. The Hall–Kier alpha value is -2.19. The molecule has 2 heterocycles. The second-order valence-electron chi connectivity index (χ2n) is 7.60. The normalized spacial score (nSPS) is 16.1. The van der Waals surface area contributed by atoms with Crippen molar-refractivity contribution < 1.29 is 14.7 Å². The Morgan fingerprint density at radius 2 is 1.90 bits per heavy atom. The molecule has 1 aromatic heterocycles. The van der Waals surface area contributed by atoms with E-state index in [1.165, 1.54) is 22.2 Å². The molecule has 0 radical (unpaired) electrons. The number of hydrogen-bond donors (Lipinski definition) is 2. The Morgan fingerprint density at radius 1 is 1.17 bits per heavy atom. The summed E-state index contributed by atoms with van der Waals surface area (Å²) < 4.78 is 7.06. The first-order valence-corrected chi connectivity index (χ1v) is 11.5. The van der Waals surface area contributed by atoms with Crippen LogP contribution in [0.3, 0.4) is 0 Å². The summed E-state index contributed by atoms with van der Waals surface area (Å²) in [5, 5.41) is 11.8. The van der Waals surface area contributed by atoms with Gasteiger partial charge >= 0.3 is 0 Å². The van der Waals surface area contributed by atoms with E-state index >= 15 is 0 Å². The van der Waals surface area contributed by atoms with Crippen LogP contribution in [0.5, 0.6) is 0 Å². The molecule has 158 valence electrons. The molecule has 0 unspecified atom stereocenters. The Labute approximate surface area is 180 Å². The number of aliphatic hydroxyl groups is 1. The molecule has 2 N–H and O–H groups in total. The monoisotopic (exact) mass is 426 g/mol. The van der Waals surface area contributed by atoms with E-state index in [1.807, 2.05) is 48.5 Å². The maximum absolute atomic E-state index is 13.3. The lowest BCUT2D eigenvalue weighted by Gasteiger charge is -2.25. The van der Waals surface area contributed by atoms with Crippen molar-refractivity contribution in [1.29, 1.82) is 0 Å². The standard InChI is InChI=1S/C23H27N3O3S/c1-2-17-7-9-18(10-8-17)26-22(28)20-5-3-4-6-21(20)24-23(26)30-16-19(27)15-25-11-13-29-14-12-25/h3-10,19,27H,2,11-16H2,1H3/p+1/t19-/m1/s1. The van der Waals surface area contributed by atoms with Crippen molar-refractivity contribution in [2.24, 2.45) is 0 Å². The second kappa shape index (κ2) is 9.75. The van der Waals surface area contributed by atoms with Crippen LogP contribution in [0.2, 0.25) is 0 Å². The van der Waals surface area contributed by atoms with Gasteiger partial charge in [0.15, 0.2) is 5.16 Å². The SMILES string of the molecule is CCc1ccc(-n2c(SC[C@H](O)C[NH+]3CCOCC3)nc3ccccc3c2=O)cc1. The number of morpholine rings is 1. The van der Waals surface area contributed by atoms with Crippen molar-refractivity contribution in [3.63, 3.8) is 0 Å². The van der Waals surface area contributed by atoms with Crippen LogP contribution in [0.1, 0.15) is 12.5 Å². The number of aliphatic hydroxyl groups excluding tert-OH is 1. The minimum Gasteiger partial charge on any atom is -0.386 e. The highest BCUT2D eigenvalue weighted by atomic mass is 32.2. The first-order chi connectivity index (χ1) is 14.7.